The molecule has 4 N–H and O–H groups in total. The van der Waals surface area contributed by atoms with Gasteiger partial charge in [0.1, 0.15) is 12.2 Å². The maximum atomic E-state index is 8.36. The van der Waals surface area contributed by atoms with Crippen molar-refractivity contribution in [1.82, 2.24) is 5.32 Å². The van der Waals surface area contributed by atoms with Crippen LogP contribution in [-0.4, -0.2) is 25.6 Å². The molecule has 1 atom stereocenters. The van der Waals surface area contributed by atoms with Crippen LogP contribution in [0.15, 0.2) is 42.5 Å². The molecule has 1 heterocycles. The maximum absolute atomic E-state index is 8.36. The monoisotopic (exact) mass is 392 g/mol. The molecule has 0 spiro atoms. The van der Waals surface area contributed by atoms with E-state index in [0.29, 0.717) is 17.5 Å². The lowest BCUT2D eigenvalue weighted by atomic mass is 10.0. The molecule has 2 aromatic rings. The van der Waals surface area contributed by atoms with Gasteiger partial charge in [-0.05, 0) is 43.7 Å². The summed E-state index contributed by atoms with van der Waals surface area (Å²) in [6.07, 6.45) is 2.31. The second-order valence-electron chi connectivity index (χ2n) is 6.62. The minimum atomic E-state index is 0.181. The number of piperidine rings is 1. The summed E-state index contributed by atoms with van der Waals surface area (Å²) in [7, 11) is 0. The van der Waals surface area contributed by atoms with Crippen LogP contribution in [0.3, 0.4) is 0 Å². The van der Waals surface area contributed by atoms with Gasteiger partial charge in [0.05, 0.1) is 12.2 Å². The maximum Gasteiger partial charge on any atom is 0.219 e. The van der Waals surface area contributed by atoms with Crippen molar-refractivity contribution in [3.8, 4) is 0 Å². The van der Waals surface area contributed by atoms with E-state index in [9.17, 15) is 0 Å². The fourth-order valence-electron chi connectivity index (χ4n) is 3.10. The molecule has 0 aliphatic carbocycles. The molecule has 1 aliphatic heterocycles. The van der Waals surface area contributed by atoms with Crippen molar-refractivity contribution < 1.29 is 10.1 Å². The lowest BCUT2D eigenvalue weighted by molar-refractivity contribution is -0.588. The van der Waals surface area contributed by atoms with Gasteiger partial charge in [-0.1, -0.05) is 35.3 Å². The quantitative estimate of drug-likeness (QED) is 0.398. The van der Waals surface area contributed by atoms with E-state index in [1.807, 2.05) is 36.4 Å². The third kappa shape index (κ3) is 5.45. The Kier molecular flexibility index (Phi) is 6.92. The summed E-state index contributed by atoms with van der Waals surface area (Å²) < 4.78 is 5.78. The van der Waals surface area contributed by atoms with Crippen molar-refractivity contribution in [2.45, 2.75) is 19.4 Å². The summed E-state index contributed by atoms with van der Waals surface area (Å²) in [6, 6.07) is 13.4. The first-order chi connectivity index (χ1) is 12.6. The highest BCUT2D eigenvalue weighted by atomic mass is 35.5. The Balaban J connectivity index is 1.64. The van der Waals surface area contributed by atoms with Gasteiger partial charge < -0.3 is 15.4 Å². The van der Waals surface area contributed by atoms with Crippen molar-refractivity contribution in [2.75, 3.05) is 19.7 Å². The lowest BCUT2D eigenvalue weighted by Crippen LogP contribution is -2.76. The Morgan fingerprint density at radius 1 is 1.15 bits per heavy atom. The highest BCUT2D eigenvalue weighted by Crippen LogP contribution is 2.19. The number of rotatable bonds is 6. The molecule has 1 saturated heterocycles. The van der Waals surface area contributed by atoms with E-state index in [-0.39, 0.29) is 5.90 Å². The van der Waals surface area contributed by atoms with Gasteiger partial charge in [-0.25, -0.2) is 0 Å². The van der Waals surface area contributed by atoms with Crippen molar-refractivity contribution in [2.24, 2.45) is 5.92 Å². The van der Waals surface area contributed by atoms with E-state index in [0.717, 1.165) is 47.9 Å². The van der Waals surface area contributed by atoms with Crippen LogP contribution in [0.25, 0.3) is 0 Å². The van der Waals surface area contributed by atoms with Gasteiger partial charge in [-0.15, -0.1) is 0 Å². The SMILES string of the molecule is N=C(OCC1CCCNC1)c1cc(Cl)ccc1[NH2+]Cc1ccc(Cl)cc1. The summed E-state index contributed by atoms with van der Waals surface area (Å²) in [6.45, 7) is 3.35. The Hall–Kier alpha value is -1.59. The van der Waals surface area contributed by atoms with E-state index < -0.39 is 0 Å². The summed E-state index contributed by atoms with van der Waals surface area (Å²) in [5.74, 6) is 0.644. The lowest BCUT2D eigenvalue weighted by Gasteiger charge is -2.23. The normalized spacial score (nSPS) is 17.1. The first kappa shape index (κ1) is 19.2. The van der Waals surface area contributed by atoms with Gasteiger partial charge in [-0.2, -0.15) is 0 Å². The molecule has 6 heteroatoms. The first-order valence-corrected chi connectivity index (χ1v) is 9.67. The standard InChI is InChI=1S/C20H23Cl2N3O/c21-16-5-3-14(4-6-16)12-25-19-8-7-17(22)10-18(19)20(23)26-13-15-2-1-9-24-11-15/h3-8,10,15,23-25H,1-2,9,11-13H2/p+1. The van der Waals surface area contributed by atoms with Crippen molar-refractivity contribution in [1.29, 1.82) is 5.41 Å². The molecule has 4 nitrogen and oxygen atoms in total. The first-order valence-electron chi connectivity index (χ1n) is 8.91. The van der Waals surface area contributed by atoms with Crippen LogP contribution in [0, 0.1) is 11.3 Å². The predicted molar refractivity (Wildman–Crippen MR) is 107 cm³/mol. The molecule has 0 aromatic heterocycles. The highest BCUT2D eigenvalue weighted by molar-refractivity contribution is 6.31. The van der Waals surface area contributed by atoms with E-state index >= 15 is 0 Å². The molecule has 1 aliphatic rings. The summed E-state index contributed by atoms with van der Waals surface area (Å²) in [5, 5.41) is 15.2. The van der Waals surface area contributed by atoms with Gasteiger partial charge in [-0.3, -0.25) is 5.41 Å². The van der Waals surface area contributed by atoms with Crippen LogP contribution in [0.4, 0.5) is 5.69 Å². The average Bonchev–Trinajstić information content (AvgIpc) is 2.67. The molecular formula is C20H24Cl2N3O+. The largest absolute Gasteiger partial charge is 0.477 e. The number of halogens is 2. The number of ether oxygens (including phenoxy) is 1. The zero-order valence-corrected chi connectivity index (χ0v) is 16.1. The Morgan fingerprint density at radius 3 is 2.65 bits per heavy atom. The molecule has 0 radical (unpaired) electrons. The molecule has 3 rings (SSSR count). The molecule has 1 fully saturated rings. The van der Waals surface area contributed by atoms with Crippen LogP contribution in [0.2, 0.25) is 10.0 Å². The smallest absolute Gasteiger partial charge is 0.219 e. The summed E-state index contributed by atoms with van der Waals surface area (Å²) in [5.41, 5.74) is 2.85. The van der Waals surface area contributed by atoms with Gasteiger partial charge in [0, 0.05) is 34.1 Å². The van der Waals surface area contributed by atoms with Gasteiger partial charge >= 0.3 is 0 Å². The topological polar surface area (TPSA) is 61.7 Å². The second-order valence-corrected chi connectivity index (χ2v) is 7.49. The Labute approximate surface area is 164 Å². The molecule has 2 aromatic carbocycles. The minimum Gasteiger partial charge on any atom is -0.477 e. The molecular weight excluding hydrogens is 369 g/mol. The number of nitrogens with one attached hydrogen (secondary N) is 2. The minimum absolute atomic E-state index is 0.181. The van der Waals surface area contributed by atoms with Gasteiger partial charge in [0.15, 0.2) is 0 Å². The fourth-order valence-corrected chi connectivity index (χ4v) is 3.39. The van der Waals surface area contributed by atoms with Gasteiger partial charge in [0.25, 0.3) is 0 Å². The Morgan fingerprint density at radius 2 is 1.92 bits per heavy atom. The van der Waals surface area contributed by atoms with Crippen molar-refractivity contribution in [3.05, 3.63) is 63.6 Å². The third-order valence-corrected chi connectivity index (χ3v) is 5.08. The van der Waals surface area contributed by atoms with Crippen LogP contribution >= 0.6 is 23.2 Å². The van der Waals surface area contributed by atoms with Crippen molar-refractivity contribution >= 4 is 34.8 Å². The summed E-state index contributed by atoms with van der Waals surface area (Å²) in [4.78, 5) is 0. The zero-order valence-electron chi connectivity index (χ0n) is 14.6. The van der Waals surface area contributed by atoms with Crippen LogP contribution < -0.4 is 10.6 Å². The Bertz CT molecular complexity index is 743. The average molecular weight is 393 g/mol. The zero-order chi connectivity index (χ0) is 18.4. The van der Waals surface area contributed by atoms with Crippen LogP contribution in [-0.2, 0) is 11.3 Å². The number of hydrogen-bond donors (Lipinski definition) is 3. The number of benzene rings is 2. The molecule has 0 amide bonds. The van der Waals surface area contributed by atoms with E-state index in [4.69, 9.17) is 33.3 Å². The third-order valence-electron chi connectivity index (χ3n) is 4.59. The molecule has 26 heavy (non-hydrogen) atoms. The number of nitrogens with two attached hydrogens (primary N) is 1. The number of hydrogen-bond acceptors (Lipinski definition) is 3. The molecule has 0 bridgehead atoms. The van der Waals surface area contributed by atoms with Crippen LogP contribution in [0.5, 0.6) is 0 Å². The van der Waals surface area contributed by atoms with Crippen molar-refractivity contribution in [3.63, 3.8) is 0 Å². The van der Waals surface area contributed by atoms with E-state index in [2.05, 4.69) is 10.6 Å². The van der Waals surface area contributed by atoms with E-state index in [1.54, 1.807) is 6.07 Å². The number of quaternary nitrogens is 1. The van der Waals surface area contributed by atoms with Crippen LogP contribution in [0.1, 0.15) is 24.0 Å². The van der Waals surface area contributed by atoms with E-state index in [1.165, 1.54) is 6.42 Å². The molecule has 138 valence electrons. The highest BCUT2D eigenvalue weighted by Gasteiger charge is 2.18. The fraction of sp³-hybridized carbons (Fsp3) is 0.350. The van der Waals surface area contributed by atoms with Gasteiger partial charge in [0.2, 0.25) is 5.90 Å². The summed E-state index contributed by atoms with van der Waals surface area (Å²) >= 11 is 12.1. The predicted octanol–water partition coefficient (Wildman–Crippen LogP) is 3.73. The second kappa shape index (κ2) is 9.38. The molecule has 0 saturated carbocycles. The molecule has 1 unspecified atom stereocenters.